The predicted octanol–water partition coefficient (Wildman–Crippen LogP) is 5.48. The minimum atomic E-state index is -0.0556. The average molecular weight is 280 g/mol. The summed E-state index contributed by atoms with van der Waals surface area (Å²) < 4.78 is 6.37. The Morgan fingerprint density at radius 1 is 1.05 bits per heavy atom. The summed E-state index contributed by atoms with van der Waals surface area (Å²) in [5.41, 5.74) is 0.344. The molecule has 118 valence electrons. The number of hydrogen-bond acceptors (Lipinski definition) is 1. The van der Waals surface area contributed by atoms with Crippen molar-refractivity contribution >= 4 is 7.28 Å². The molecule has 0 aromatic rings. The van der Waals surface area contributed by atoms with Crippen molar-refractivity contribution in [2.24, 2.45) is 11.3 Å². The first-order valence-electron chi connectivity index (χ1n) is 8.39. The summed E-state index contributed by atoms with van der Waals surface area (Å²) in [4.78, 5) is 0. The standard InChI is InChI=1S/C18H37BO/c1-9-10-15(11-13-17(2,3)4)16(12-14-19-8)20-18(5,6)7/h9-10,15-16,19H,11-14H2,1-8H3/b10-9-. The first-order valence-corrected chi connectivity index (χ1v) is 8.39. The lowest BCUT2D eigenvalue weighted by atomic mass is 9.74. The SMILES string of the molecule is CBCCC(OC(C)(C)C)C(/C=C\C)CCC(C)(C)C. The van der Waals surface area contributed by atoms with Gasteiger partial charge < -0.3 is 4.74 Å². The van der Waals surface area contributed by atoms with Crippen molar-refractivity contribution in [3.63, 3.8) is 0 Å². The molecule has 0 bridgehead atoms. The van der Waals surface area contributed by atoms with E-state index in [-0.39, 0.29) is 5.60 Å². The Morgan fingerprint density at radius 2 is 1.65 bits per heavy atom. The van der Waals surface area contributed by atoms with Gasteiger partial charge in [-0.15, -0.1) is 0 Å². The van der Waals surface area contributed by atoms with Gasteiger partial charge in [0.2, 0.25) is 0 Å². The minimum Gasteiger partial charge on any atom is -0.372 e. The van der Waals surface area contributed by atoms with Crippen molar-refractivity contribution < 1.29 is 4.74 Å². The normalized spacial score (nSPS) is 16.4. The molecule has 0 heterocycles. The van der Waals surface area contributed by atoms with Gasteiger partial charge in [-0.2, -0.15) is 0 Å². The third-order valence-electron chi connectivity index (χ3n) is 3.49. The van der Waals surface area contributed by atoms with Crippen LogP contribution < -0.4 is 0 Å². The Hall–Kier alpha value is -0.235. The Balaban J connectivity index is 4.81. The highest BCUT2D eigenvalue weighted by Crippen LogP contribution is 2.30. The van der Waals surface area contributed by atoms with Crippen LogP contribution in [-0.4, -0.2) is 19.0 Å². The van der Waals surface area contributed by atoms with Crippen LogP contribution in [0, 0.1) is 11.3 Å². The fourth-order valence-corrected chi connectivity index (χ4v) is 2.47. The number of ether oxygens (including phenoxy) is 1. The molecule has 2 atom stereocenters. The predicted molar refractivity (Wildman–Crippen MR) is 94.1 cm³/mol. The van der Waals surface area contributed by atoms with Crippen molar-refractivity contribution in [3.8, 4) is 0 Å². The third-order valence-corrected chi connectivity index (χ3v) is 3.49. The lowest BCUT2D eigenvalue weighted by molar-refractivity contribution is -0.0803. The van der Waals surface area contributed by atoms with E-state index in [9.17, 15) is 0 Å². The van der Waals surface area contributed by atoms with Gasteiger partial charge in [0.15, 0.2) is 0 Å². The van der Waals surface area contributed by atoms with Gasteiger partial charge in [-0.3, -0.25) is 0 Å². The molecule has 0 aliphatic rings. The molecule has 0 saturated heterocycles. The van der Waals surface area contributed by atoms with E-state index in [0.29, 0.717) is 17.4 Å². The summed E-state index contributed by atoms with van der Waals surface area (Å²) in [7, 11) is 1.24. The van der Waals surface area contributed by atoms with E-state index < -0.39 is 0 Å². The van der Waals surface area contributed by atoms with Crippen molar-refractivity contribution in [1.29, 1.82) is 0 Å². The Kier molecular flexibility index (Phi) is 8.82. The zero-order valence-electron chi connectivity index (χ0n) is 15.3. The van der Waals surface area contributed by atoms with E-state index in [0.717, 1.165) is 0 Å². The van der Waals surface area contributed by atoms with Gasteiger partial charge >= 0.3 is 0 Å². The molecular weight excluding hydrogens is 243 g/mol. The molecule has 0 radical (unpaired) electrons. The highest BCUT2D eigenvalue weighted by atomic mass is 16.5. The molecular formula is C18H37BO. The van der Waals surface area contributed by atoms with E-state index in [1.807, 2.05) is 0 Å². The highest BCUT2D eigenvalue weighted by molar-refractivity contribution is 6.33. The molecule has 0 aromatic heterocycles. The maximum atomic E-state index is 6.37. The van der Waals surface area contributed by atoms with Gasteiger partial charge in [0.25, 0.3) is 0 Å². The fourth-order valence-electron chi connectivity index (χ4n) is 2.47. The fraction of sp³-hybridized carbons (Fsp3) is 0.889. The van der Waals surface area contributed by atoms with Crippen LogP contribution in [0.2, 0.25) is 13.1 Å². The van der Waals surface area contributed by atoms with Crippen LogP contribution in [0.5, 0.6) is 0 Å². The van der Waals surface area contributed by atoms with Crippen LogP contribution in [0.15, 0.2) is 12.2 Å². The van der Waals surface area contributed by atoms with Crippen LogP contribution >= 0.6 is 0 Å². The topological polar surface area (TPSA) is 9.23 Å². The van der Waals surface area contributed by atoms with Crippen LogP contribution in [-0.2, 0) is 4.74 Å². The average Bonchev–Trinajstić information content (AvgIpc) is 2.27. The summed E-state index contributed by atoms with van der Waals surface area (Å²) in [6, 6.07) is 0. The minimum absolute atomic E-state index is 0.0556. The summed E-state index contributed by atoms with van der Waals surface area (Å²) >= 11 is 0. The van der Waals surface area contributed by atoms with Gasteiger partial charge in [-0.25, -0.2) is 0 Å². The molecule has 20 heavy (non-hydrogen) atoms. The van der Waals surface area contributed by atoms with Crippen LogP contribution in [0.3, 0.4) is 0 Å². The summed E-state index contributed by atoms with van der Waals surface area (Å²) in [5.74, 6) is 0.546. The maximum Gasteiger partial charge on any atom is 0.117 e. The van der Waals surface area contributed by atoms with Gasteiger partial charge in [0.05, 0.1) is 11.7 Å². The van der Waals surface area contributed by atoms with Crippen molar-refractivity contribution in [1.82, 2.24) is 0 Å². The lowest BCUT2D eigenvalue weighted by Crippen LogP contribution is -2.33. The largest absolute Gasteiger partial charge is 0.372 e. The van der Waals surface area contributed by atoms with Crippen LogP contribution in [0.4, 0.5) is 0 Å². The Bertz CT molecular complexity index is 270. The van der Waals surface area contributed by atoms with Crippen molar-refractivity contribution in [2.75, 3.05) is 0 Å². The Morgan fingerprint density at radius 3 is 2.05 bits per heavy atom. The molecule has 0 saturated carbocycles. The van der Waals surface area contributed by atoms with E-state index >= 15 is 0 Å². The molecule has 0 aromatic carbocycles. The van der Waals surface area contributed by atoms with E-state index in [2.05, 4.69) is 67.4 Å². The number of rotatable bonds is 8. The molecule has 2 heteroatoms. The van der Waals surface area contributed by atoms with Crippen LogP contribution in [0.1, 0.15) is 67.7 Å². The second kappa shape index (κ2) is 8.92. The molecule has 0 fully saturated rings. The molecule has 0 aliphatic carbocycles. The van der Waals surface area contributed by atoms with Gasteiger partial charge in [0, 0.05) is 5.92 Å². The zero-order valence-corrected chi connectivity index (χ0v) is 15.3. The third kappa shape index (κ3) is 10.5. The van der Waals surface area contributed by atoms with Crippen LogP contribution in [0.25, 0.3) is 0 Å². The first-order chi connectivity index (χ1) is 9.09. The first kappa shape index (κ1) is 19.8. The quantitative estimate of drug-likeness (QED) is 0.422. The van der Waals surface area contributed by atoms with Gasteiger partial charge in [-0.05, 0) is 52.4 Å². The van der Waals surface area contributed by atoms with Gasteiger partial charge in [0.1, 0.15) is 7.28 Å². The molecule has 2 unspecified atom stereocenters. The van der Waals surface area contributed by atoms with Gasteiger partial charge in [-0.1, -0.05) is 46.1 Å². The Labute approximate surface area is 128 Å². The second-order valence-corrected chi connectivity index (χ2v) is 8.20. The molecule has 0 spiro atoms. The number of allylic oxidation sites excluding steroid dienone is 1. The molecule has 0 N–H and O–H groups in total. The van der Waals surface area contributed by atoms with E-state index in [1.54, 1.807) is 0 Å². The van der Waals surface area contributed by atoms with Crippen molar-refractivity contribution in [3.05, 3.63) is 12.2 Å². The summed E-state index contributed by atoms with van der Waals surface area (Å²) in [6.07, 6.45) is 9.80. The zero-order chi connectivity index (χ0) is 15.8. The molecule has 0 rings (SSSR count). The molecule has 0 amide bonds. The monoisotopic (exact) mass is 280 g/mol. The summed E-state index contributed by atoms with van der Waals surface area (Å²) in [5, 5.41) is 0. The smallest absolute Gasteiger partial charge is 0.117 e. The summed E-state index contributed by atoms with van der Waals surface area (Å²) in [6.45, 7) is 17.9. The molecule has 0 aliphatic heterocycles. The van der Waals surface area contributed by atoms with Crippen molar-refractivity contribution in [2.45, 2.75) is 92.6 Å². The maximum absolute atomic E-state index is 6.37. The second-order valence-electron chi connectivity index (χ2n) is 8.20. The van der Waals surface area contributed by atoms with E-state index in [4.69, 9.17) is 4.74 Å². The molecule has 1 nitrogen and oxygen atoms in total. The lowest BCUT2D eigenvalue weighted by Gasteiger charge is -2.33. The van der Waals surface area contributed by atoms with E-state index in [1.165, 1.54) is 32.9 Å². The highest BCUT2D eigenvalue weighted by Gasteiger charge is 2.26. The number of hydrogen-bond donors (Lipinski definition) is 0.